The summed E-state index contributed by atoms with van der Waals surface area (Å²) in [6.45, 7) is 0. The van der Waals surface area contributed by atoms with Gasteiger partial charge in [0.05, 0.1) is 33.4 Å². The van der Waals surface area contributed by atoms with Gasteiger partial charge < -0.3 is 13.6 Å². The van der Waals surface area contributed by atoms with E-state index in [2.05, 4.69) is 240 Å². The molecule has 3 aromatic heterocycles. The summed E-state index contributed by atoms with van der Waals surface area (Å²) in [4.78, 5) is 0. The van der Waals surface area contributed by atoms with E-state index in [1.807, 2.05) is 0 Å². The van der Waals surface area contributed by atoms with Crippen LogP contribution in [0, 0.1) is 0 Å². The van der Waals surface area contributed by atoms with Crippen LogP contribution in [-0.2, 0) is 0 Å². The first kappa shape index (κ1) is 35.4. The topological polar surface area (TPSA) is 23.0 Å². The van der Waals surface area contributed by atoms with E-state index in [9.17, 15) is 0 Å². The first-order valence-electron chi connectivity index (χ1n) is 21.6. The molecule has 0 spiro atoms. The van der Waals surface area contributed by atoms with Crippen LogP contribution in [0.1, 0.15) is 0 Å². The fraction of sp³-hybridized carbons (Fsp3) is 0. The minimum atomic E-state index is 0.876. The summed E-state index contributed by atoms with van der Waals surface area (Å²) in [7, 11) is 0. The van der Waals surface area contributed by atoms with Crippen molar-refractivity contribution in [1.82, 2.24) is 9.13 Å². The molecule has 10 aromatic carbocycles. The molecule has 0 atom stereocenters. The summed E-state index contributed by atoms with van der Waals surface area (Å²) < 4.78 is 11.7. The number of rotatable bonds is 6. The van der Waals surface area contributed by atoms with Crippen molar-refractivity contribution >= 4 is 65.6 Å². The number of para-hydroxylation sites is 4. The quantitative estimate of drug-likeness (QED) is 0.164. The Bertz CT molecular complexity index is 3900. The second-order valence-corrected chi connectivity index (χ2v) is 16.4. The number of aromatic nitrogens is 2. The minimum absolute atomic E-state index is 0.876. The summed E-state index contributed by atoms with van der Waals surface area (Å²) >= 11 is 0. The Hall–Kier alpha value is -8.40. The van der Waals surface area contributed by atoms with Gasteiger partial charge in [-0.25, -0.2) is 0 Å². The van der Waals surface area contributed by atoms with Crippen LogP contribution >= 0.6 is 0 Å². The van der Waals surface area contributed by atoms with Gasteiger partial charge in [0, 0.05) is 37.9 Å². The van der Waals surface area contributed by atoms with Gasteiger partial charge in [-0.05, 0) is 99.6 Å². The summed E-state index contributed by atoms with van der Waals surface area (Å²) in [6.07, 6.45) is 0. The first-order valence-corrected chi connectivity index (χ1v) is 21.6. The zero-order valence-electron chi connectivity index (χ0n) is 34.2. The Balaban J connectivity index is 0.983. The first-order chi connectivity index (χ1) is 31.3. The molecule has 0 unspecified atom stereocenters. The highest BCUT2D eigenvalue weighted by Gasteiger charge is 2.22. The second kappa shape index (κ2) is 14.1. The summed E-state index contributed by atoms with van der Waals surface area (Å²) in [6, 6.07) is 83.3. The molecule has 0 radical (unpaired) electrons. The maximum atomic E-state index is 6.89. The fourth-order valence-electron chi connectivity index (χ4n) is 10.1. The fourth-order valence-corrected chi connectivity index (χ4v) is 10.1. The molecule has 0 saturated carbocycles. The molecule has 0 bridgehead atoms. The number of fused-ring (bicyclic) bond motifs is 9. The molecule has 0 aliphatic heterocycles. The predicted octanol–water partition coefficient (Wildman–Crippen LogP) is 16.4. The lowest BCUT2D eigenvalue weighted by molar-refractivity contribution is 0.666. The SMILES string of the molecule is c1ccc(-c2cccc(-c3ccc(-n4c5ccccc5c5cc(-c6ccc7c(c6)c6ccccc6n7-c6ccccc6-c6ccccc6)ccc54)c4oc5ccccc5c34)c2)cc1. The van der Waals surface area contributed by atoms with Crippen molar-refractivity contribution in [3.05, 3.63) is 231 Å². The predicted molar refractivity (Wildman–Crippen MR) is 264 cm³/mol. The van der Waals surface area contributed by atoms with E-state index in [-0.39, 0.29) is 0 Å². The van der Waals surface area contributed by atoms with Gasteiger partial charge in [-0.2, -0.15) is 0 Å². The lowest BCUT2D eigenvalue weighted by Crippen LogP contribution is -1.97. The van der Waals surface area contributed by atoms with Crippen molar-refractivity contribution in [2.75, 3.05) is 0 Å². The number of hydrogen-bond donors (Lipinski definition) is 0. The average Bonchev–Trinajstić information content (AvgIpc) is 4.02. The Labute approximate surface area is 363 Å². The van der Waals surface area contributed by atoms with Gasteiger partial charge in [0.2, 0.25) is 0 Å². The Kier molecular flexibility index (Phi) is 7.91. The van der Waals surface area contributed by atoms with Crippen LogP contribution in [0.3, 0.4) is 0 Å². The molecule has 13 rings (SSSR count). The van der Waals surface area contributed by atoms with Gasteiger partial charge in [-0.15, -0.1) is 0 Å². The van der Waals surface area contributed by atoms with Crippen molar-refractivity contribution in [2.45, 2.75) is 0 Å². The van der Waals surface area contributed by atoms with Crippen LogP contribution in [0.15, 0.2) is 235 Å². The molecule has 0 aliphatic carbocycles. The lowest BCUT2D eigenvalue weighted by atomic mass is 9.95. The van der Waals surface area contributed by atoms with Crippen molar-refractivity contribution in [1.29, 1.82) is 0 Å². The zero-order valence-corrected chi connectivity index (χ0v) is 34.2. The number of furan rings is 1. The summed E-state index contributed by atoms with van der Waals surface area (Å²) in [5.41, 5.74) is 18.1. The van der Waals surface area contributed by atoms with E-state index >= 15 is 0 Å². The van der Waals surface area contributed by atoms with Crippen LogP contribution < -0.4 is 0 Å². The molecule has 3 heteroatoms. The zero-order chi connectivity index (χ0) is 41.4. The Morgan fingerprint density at radius 3 is 1.48 bits per heavy atom. The highest BCUT2D eigenvalue weighted by molar-refractivity contribution is 6.17. The van der Waals surface area contributed by atoms with Crippen molar-refractivity contribution in [3.8, 4) is 55.9 Å². The van der Waals surface area contributed by atoms with Crippen molar-refractivity contribution < 1.29 is 4.42 Å². The van der Waals surface area contributed by atoms with Crippen molar-refractivity contribution in [3.63, 3.8) is 0 Å². The molecule has 294 valence electrons. The molecule has 0 saturated heterocycles. The second-order valence-electron chi connectivity index (χ2n) is 16.4. The third-order valence-electron chi connectivity index (χ3n) is 12.9. The third kappa shape index (κ3) is 5.53. The van der Waals surface area contributed by atoms with Crippen LogP contribution in [0.2, 0.25) is 0 Å². The Morgan fingerprint density at radius 2 is 0.778 bits per heavy atom. The van der Waals surface area contributed by atoms with Crippen LogP contribution in [0.4, 0.5) is 0 Å². The molecular formula is C60H38N2O. The molecule has 0 fully saturated rings. The van der Waals surface area contributed by atoms with E-state index in [0.717, 1.165) is 49.8 Å². The number of nitrogens with zero attached hydrogens (tertiary/aromatic N) is 2. The molecule has 0 N–H and O–H groups in total. The van der Waals surface area contributed by atoms with Crippen molar-refractivity contribution in [2.24, 2.45) is 0 Å². The average molecular weight is 803 g/mol. The normalized spacial score (nSPS) is 11.8. The van der Waals surface area contributed by atoms with Crippen LogP contribution in [-0.4, -0.2) is 9.13 Å². The number of benzene rings is 10. The molecule has 3 heterocycles. The molecule has 0 aliphatic rings. The molecule has 3 nitrogen and oxygen atoms in total. The van der Waals surface area contributed by atoms with Gasteiger partial charge in [0.25, 0.3) is 0 Å². The molecule has 13 aromatic rings. The van der Waals surface area contributed by atoms with Crippen LogP contribution in [0.25, 0.3) is 121 Å². The monoisotopic (exact) mass is 802 g/mol. The van der Waals surface area contributed by atoms with Crippen LogP contribution in [0.5, 0.6) is 0 Å². The standard InChI is InChI=1S/C60H38N2O/c1-3-16-39(17-4-1)41-20-15-21-44(36-41)46-32-35-57(60-59(46)49-25-10-14-29-58(49)63-60)62-54-28-13-9-24-48(54)51-38-43(31-34-56(51)62)42-30-33-55-50(37-42)47-23-8-12-27-53(47)61(55)52-26-11-7-22-45(52)40-18-5-2-6-19-40/h1-38H. The van der Waals surface area contributed by atoms with E-state index in [1.54, 1.807) is 0 Å². The van der Waals surface area contributed by atoms with Gasteiger partial charge >= 0.3 is 0 Å². The van der Waals surface area contributed by atoms with Gasteiger partial charge in [0.1, 0.15) is 5.58 Å². The van der Waals surface area contributed by atoms with E-state index in [4.69, 9.17) is 4.42 Å². The summed E-state index contributed by atoms with van der Waals surface area (Å²) in [5.74, 6) is 0. The third-order valence-corrected chi connectivity index (χ3v) is 12.9. The van der Waals surface area contributed by atoms with E-state index in [0.29, 0.717) is 0 Å². The van der Waals surface area contributed by atoms with Gasteiger partial charge in [-0.3, -0.25) is 0 Å². The van der Waals surface area contributed by atoms with Gasteiger partial charge in [-0.1, -0.05) is 170 Å². The Morgan fingerprint density at radius 1 is 0.270 bits per heavy atom. The highest BCUT2D eigenvalue weighted by Crippen LogP contribution is 2.44. The largest absolute Gasteiger partial charge is 0.454 e. The summed E-state index contributed by atoms with van der Waals surface area (Å²) in [5, 5.41) is 7.10. The maximum Gasteiger partial charge on any atom is 0.160 e. The smallest absolute Gasteiger partial charge is 0.160 e. The molecule has 63 heavy (non-hydrogen) atoms. The maximum absolute atomic E-state index is 6.89. The molecule has 0 amide bonds. The van der Waals surface area contributed by atoms with Gasteiger partial charge in [0.15, 0.2) is 5.58 Å². The lowest BCUT2D eigenvalue weighted by Gasteiger charge is -2.14. The number of hydrogen-bond acceptors (Lipinski definition) is 1. The van der Waals surface area contributed by atoms with E-state index < -0.39 is 0 Å². The highest BCUT2D eigenvalue weighted by atomic mass is 16.3. The minimum Gasteiger partial charge on any atom is -0.454 e. The van der Waals surface area contributed by atoms with E-state index in [1.165, 1.54) is 71.6 Å². The molecular weight excluding hydrogens is 765 g/mol.